The van der Waals surface area contributed by atoms with E-state index in [2.05, 4.69) is 11.1 Å². The average Bonchev–Trinajstić information content (AvgIpc) is 3.40. The summed E-state index contributed by atoms with van der Waals surface area (Å²) in [5, 5.41) is 10.3. The molecule has 38 heavy (non-hydrogen) atoms. The number of imidazole rings is 1. The van der Waals surface area contributed by atoms with Crippen molar-refractivity contribution in [3.63, 3.8) is 0 Å². The summed E-state index contributed by atoms with van der Waals surface area (Å²) in [6.07, 6.45) is 0. The lowest BCUT2D eigenvalue weighted by atomic mass is 9.80. The van der Waals surface area contributed by atoms with Gasteiger partial charge in [0.05, 0.1) is 54.1 Å². The number of aromatic nitrogens is 2. The largest absolute Gasteiger partial charge is 0.466 e. The van der Waals surface area contributed by atoms with Crippen molar-refractivity contribution in [1.82, 2.24) is 9.97 Å². The maximum atomic E-state index is 13.4. The van der Waals surface area contributed by atoms with Crippen LogP contribution in [0, 0.1) is 11.3 Å². The highest BCUT2D eigenvalue weighted by molar-refractivity contribution is 6.07. The lowest BCUT2D eigenvalue weighted by Gasteiger charge is -2.36. The number of hydrogen-bond acceptors (Lipinski definition) is 8. The highest BCUT2D eigenvalue weighted by atomic mass is 16.5. The summed E-state index contributed by atoms with van der Waals surface area (Å²) in [6, 6.07) is 25.7. The smallest absolute Gasteiger partial charge is 0.355 e. The molecule has 0 saturated carbocycles. The number of rotatable bonds is 5. The number of H-pyrrole nitrogens is 1. The predicted molar refractivity (Wildman–Crippen MR) is 141 cm³/mol. The lowest BCUT2D eigenvalue weighted by molar-refractivity contribution is -0.139. The van der Waals surface area contributed by atoms with Crippen molar-refractivity contribution in [3.05, 3.63) is 107 Å². The molecule has 1 atom stereocenters. The molecule has 1 aromatic heterocycles. The Hall–Kier alpha value is -5.36. The van der Waals surface area contributed by atoms with Crippen molar-refractivity contribution < 1.29 is 19.1 Å². The van der Waals surface area contributed by atoms with E-state index in [0.29, 0.717) is 22.6 Å². The molecule has 3 N–H and O–H groups in total. The third-order valence-electron chi connectivity index (χ3n) is 6.40. The van der Waals surface area contributed by atoms with E-state index in [-0.39, 0.29) is 22.7 Å². The fraction of sp³-hybridized carbons (Fsp3) is 0.103. The first-order valence-corrected chi connectivity index (χ1v) is 11.7. The summed E-state index contributed by atoms with van der Waals surface area (Å²) < 4.78 is 10.2. The predicted octanol–water partition coefficient (Wildman–Crippen LogP) is 4.13. The van der Waals surface area contributed by atoms with Gasteiger partial charge in [0.1, 0.15) is 17.3 Å². The van der Waals surface area contributed by atoms with Crippen molar-refractivity contribution >= 4 is 28.7 Å². The summed E-state index contributed by atoms with van der Waals surface area (Å²) in [7, 11) is 2.43. The molecule has 5 rings (SSSR count). The van der Waals surface area contributed by atoms with E-state index in [4.69, 9.17) is 20.2 Å². The molecule has 1 aliphatic rings. The molecule has 1 aliphatic heterocycles. The minimum Gasteiger partial charge on any atom is -0.466 e. The first-order chi connectivity index (χ1) is 18.5. The number of hydrogen-bond donors (Lipinski definition) is 2. The third kappa shape index (κ3) is 3.94. The number of para-hydroxylation sites is 3. The van der Waals surface area contributed by atoms with Crippen LogP contribution < -0.4 is 10.6 Å². The number of nitriles is 1. The molecular weight excluding hydrogens is 482 g/mol. The van der Waals surface area contributed by atoms with E-state index in [1.165, 1.54) is 19.1 Å². The minimum atomic E-state index is -0.947. The van der Waals surface area contributed by atoms with E-state index in [0.717, 1.165) is 11.0 Å². The highest BCUT2D eigenvalue weighted by Crippen LogP contribution is 2.45. The van der Waals surface area contributed by atoms with Gasteiger partial charge in [-0.15, -0.1) is 0 Å². The molecule has 4 aromatic rings. The van der Waals surface area contributed by atoms with Crippen LogP contribution in [0.15, 0.2) is 102 Å². The number of nitrogens with two attached hydrogens (primary N) is 1. The Morgan fingerprint density at radius 3 is 2.29 bits per heavy atom. The molecule has 0 saturated heterocycles. The van der Waals surface area contributed by atoms with Crippen molar-refractivity contribution in [1.29, 1.82) is 5.26 Å². The topological polar surface area (TPSA) is 134 Å². The number of carbonyl (C=O) groups is 2. The van der Waals surface area contributed by atoms with Gasteiger partial charge in [0.2, 0.25) is 0 Å². The fourth-order valence-electron chi connectivity index (χ4n) is 4.71. The Kier molecular flexibility index (Phi) is 6.37. The van der Waals surface area contributed by atoms with Crippen molar-refractivity contribution in [2.24, 2.45) is 5.73 Å². The van der Waals surface area contributed by atoms with E-state index in [9.17, 15) is 14.9 Å². The Morgan fingerprint density at radius 2 is 1.61 bits per heavy atom. The van der Waals surface area contributed by atoms with Crippen LogP contribution >= 0.6 is 0 Å². The number of carbonyl (C=O) groups excluding carboxylic acids is 2. The molecule has 2 heterocycles. The van der Waals surface area contributed by atoms with Crippen LogP contribution in [-0.4, -0.2) is 36.1 Å². The van der Waals surface area contributed by atoms with Gasteiger partial charge in [-0.25, -0.2) is 14.6 Å². The zero-order chi connectivity index (χ0) is 26.8. The highest BCUT2D eigenvalue weighted by Gasteiger charge is 2.43. The quantitative estimate of drug-likeness (QED) is 0.387. The van der Waals surface area contributed by atoms with E-state index < -0.39 is 17.9 Å². The second kappa shape index (κ2) is 9.95. The number of anilines is 1. The molecular formula is C29H23N5O4. The summed E-state index contributed by atoms with van der Waals surface area (Å²) in [4.78, 5) is 36.0. The molecule has 3 aromatic carbocycles. The molecule has 9 heteroatoms. The maximum Gasteiger partial charge on any atom is 0.355 e. The molecule has 0 fully saturated rings. The number of methoxy groups -OCH3 is 2. The SMILES string of the molecule is COC(=O)C1=C(C(=O)OC)N(c2ccccc2-c2nc3ccccc3[nH]2)C(N)=C(C#N)C1c1ccccc1. The third-order valence-corrected chi connectivity index (χ3v) is 6.40. The van der Waals surface area contributed by atoms with Crippen LogP contribution in [0.25, 0.3) is 22.4 Å². The maximum absolute atomic E-state index is 13.4. The molecule has 0 amide bonds. The van der Waals surface area contributed by atoms with Gasteiger partial charge in [-0.1, -0.05) is 54.6 Å². The second-order valence-electron chi connectivity index (χ2n) is 8.45. The van der Waals surface area contributed by atoms with Gasteiger partial charge >= 0.3 is 11.9 Å². The summed E-state index contributed by atoms with van der Waals surface area (Å²) in [6.45, 7) is 0. The lowest BCUT2D eigenvalue weighted by Crippen LogP contribution is -2.41. The minimum absolute atomic E-state index is 0.0158. The zero-order valence-corrected chi connectivity index (χ0v) is 20.6. The molecule has 0 aliphatic carbocycles. The van der Waals surface area contributed by atoms with Crippen LogP contribution in [0.3, 0.4) is 0 Å². The molecule has 0 bridgehead atoms. The van der Waals surface area contributed by atoms with Crippen LogP contribution in [0.5, 0.6) is 0 Å². The van der Waals surface area contributed by atoms with Gasteiger partial charge in [0.25, 0.3) is 0 Å². The van der Waals surface area contributed by atoms with Gasteiger partial charge in [0, 0.05) is 5.56 Å². The Balaban J connectivity index is 1.83. The molecule has 9 nitrogen and oxygen atoms in total. The fourth-order valence-corrected chi connectivity index (χ4v) is 4.71. The Bertz CT molecular complexity index is 1630. The van der Waals surface area contributed by atoms with Crippen LogP contribution in [-0.2, 0) is 19.1 Å². The standard InChI is InChI=1S/C29H23N5O4/c1-37-28(35)24-23(17-10-4-3-5-11-17)19(16-30)26(31)34(25(24)29(36)38-2)22-15-9-6-12-18(22)27-32-20-13-7-8-14-21(20)33-27/h3-15,23H,31H2,1-2H3,(H,32,33). The normalized spacial score (nSPS) is 15.4. The number of ether oxygens (including phenoxy) is 2. The molecule has 0 spiro atoms. The summed E-state index contributed by atoms with van der Waals surface area (Å²) in [5.41, 5.74) is 9.72. The first-order valence-electron chi connectivity index (χ1n) is 11.7. The molecule has 188 valence electrons. The van der Waals surface area contributed by atoms with E-state index in [1.807, 2.05) is 42.5 Å². The number of benzene rings is 3. The zero-order valence-electron chi connectivity index (χ0n) is 20.6. The number of fused-ring (bicyclic) bond motifs is 1. The number of aromatic amines is 1. The van der Waals surface area contributed by atoms with E-state index in [1.54, 1.807) is 36.4 Å². The summed E-state index contributed by atoms with van der Waals surface area (Å²) >= 11 is 0. The van der Waals surface area contributed by atoms with Crippen molar-refractivity contribution in [2.75, 3.05) is 19.1 Å². The van der Waals surface area contributed by atoms with Gasteiger partial charge in [-0.2, -0.15) is 5.26 Å². The van der Waals surface area contributed by atoms with Crippen LogP contribution in [0.1, 0.15) is 11.5 Å². The van der Waals surface area contributed by atoms with Crippen molar-refractivity contribution in [2.45, 2.75) is 5.92 Å². The molecule has 0 radical (unpaired) electrons. The van der Waals surface area contributed by atoms with Gasteiger partial charge in [0.15, 0.2) is 0 Å². The number of esters is 2. The molecule has 1 unspecified atom stereocenters. The van der Waals surface area contributed by atoms with Crippen LogP contribution in [0.4, 0.5) is 5.69 Å². The summed E-state index contributed by atoms with van der Waals surface area (Å²) in [5.74, 6) is -2.05. The van der Waals surface area contributed by atoms with Gasteiger partial charge < -0.3 is 20.2 Å². The Labute approximate surface area is 218 Å². The number of allylic oxidation sites excluding steroid dienone is 1. The van der Waals surface area contributed by atoms with Gasteiger partial charge in [-0.05, 0) is 29.8 Å². The first kappa shape index (κ1) is 24.3. The van der Waals surface area contributed by atoms with Crippen LogP contribution in [0.2, 0.25) is 0 Å². The second-order valence-corrected chi connectivity index (χ2v) is 8.45. The average molecular weight is 506 g/mol. The number of nitrogens with one attached hydrogen (secondary N) is 1. The van der Waals surface area contributed by atoms with Crippen molar-refractivity contribution in [3.8, 4) is 17.5 Å². The van der Waals surface area contributed by atoms with E-state index >= 15 is 0 Å². The monoisotopic (exact) mass is 505 g/mol. The van der Waals surface area contributed by atoms with Gasteiger partial charge in [-0.3, -0.25) is 4.90 Å². The number of nitrogens with zero attached hydrogens (tertiary/aromatic N) is 3. The Morgan fingerprint density at radius 1 is 0.947 bits per heavy atom.